The Morgan fingerprint density at radius 3 is 2.86 bits per heavy atom. The highest BCUT2D eigenvalue weighted by atomic mass is 16.5. The number of hydrogen-bond acceptors (Lipinski definition) is 9. The number of carbonyl (C=O) groups excluding carboxylic acids is 2. The van der Waals surface area contributed by atoms with Crippen LogP contribution in [0.1, 0.15) is 56.7 Å². The van der Waals surface area contributed by atoms with Crippen LogP contribution in [0.2, 0.25) is 0 Å². The van der Waals surface area contributed by atoms with Gasteiger partial charge in [-0.1, -0.05) is 12.1 Å². The Labute approximate surface area is 213 Å². The van der Waals surface area contributed by atoms with Gasteiger partial charge in [-0.15, -0.1) is 5.10 Å². The second-order valence-corrected chi connectivity index (χ2v) is 10.2. The average molecular weight is 502 g/mol. The van der Waals surface area contributed by atoms with E-state index >= 15 is 0 Å². The van der Waals surface area contributed by atoms with Crippen molar-refractivity contribution in [3.05, 3.63) is 64.1 Å². The predicted octanol–water partition coefficient (Wildman–Crippen LogP) is 1.35. The summed E-state index contributed by atoms with van der Waals surface area (Å²) in [6.07, 6.45) is 3.01. The van der Waals surface area contributed by atoms with Gasteiger partial charge in [0.05, 0.1) is 30.2 Å². The van der Waals surface area contributed by atoms with Crippen LogP contribution in [-0.2, 0) is 27.3 Å². The van der Waals surface area contributed by atoms with E-state index in [0.717, 1.165) is 53.9 Å². The Balaban J connectivity index is 1.02. The third-order valence-corrected chi connectivity index (χ3v) is 8.28. The molecule has 2 saturated heterocycles. The first-order chi connectivity index (χ1) is 18.1. The average Bonchev–Trinajstić information content (AvgIpc) is 3.68. The molecule has 3 atom stereocenters. The minimum Gasteiger partial charge on any atom is -0.457 e. The number of ether oxygens (including phenoxy) is 2. The summed E-state index contributed by atoms with van der Waals surface area (Å²) in [4.78, 5) is 34.6. The van der Waals surface area contributed by atoms with E-state index in [1.807, 2.05) is 36.1 Å². The van der Waals surface area contributed by atoms with Crippen LogP contribution in [0.25, 0.3) is 5.82 Å². The smallest absolute Gasteiger partial charge is 0.338 e. The Bertz CT molecular complexity index is 1390. The molecule has 1 aromatic carbocycles. The minimum atomic E-state index is -0.247. The van der Waals surface area contributed by atoms with Gasteiger partial charge < -0.3 is 14.4 Å². The van der Waals surface area contributed by atoms with Crippen molar-refractivity contribution >= 4 is 11.9 Å². The van der Waals surface area contributed by atoms with Gasteiger partial charge in [0.15, 0.2) is 5.82 Å². The number of aryl methyl sites for hydroxylation is 1. The highest BCUT2D eigenvalue weighted by molar-refractivity contribution is 5.94. The van der Waals surface area contributed by atoms with Gasteiger partial charge in [-0.2, -0.15) is 4.68 Å². The second-order valence-electron chi connectivity index (χ2n) is 10.2. The summed E-state index contributed by atoms with van der Waals surface area (Å²) in [5, 5.41) is 11.3. The van der Waals surface area contributed by atoms with E-state index in [1.165, 1.54) is 11.0 Å². The van der Waals surface area contributed by atoms with Crippen molar-refractivity contribution in [2.24, 2.45) is 0 Å². The topological polar surface area (TPSA) is 116 Å². The van der Waals surface area contributed by atoms with Gasteiger partial charge in [0.25, 0.3) is 0 Å². The SMILES string of the molecule is Cc1c([C@@H]2CN3CCN(C(=O)C4CCc5nc(-n6cnnn6)ccc54)C[C@@H]3CO2)ccc2c1COC2=O. The lowest BCUT2D eigenvalue weighted by Gasteiger charge is -2.46. The summed E-state index contributed by atoms with van der Waals surface area (Å²) in [5.41, 5.74) is 5.80. The van der Waals surface area contributed by atoms with Crippen molar-refractivity contribution in [1.82, 2.24) is 35.0 Å². The van der Waals surface area contributed by atoms with Crippen LogP contribution in [0.4, 0.5) is 0 Å². The van der Waals surface area contributed by atoms with Crippen LogP contribution < -0.4 is 0 Å². The zero-order valence-electron chi connectivity index (χ0n) is 20.5. The van der Waals surface area contributed by atoms with Crippen LogP contribution in [0, 0.1) is 6.92 Å². The van der Waals surface area contributed by atoms with Crippen molar-refractivity contribution in [3.8, 4) is 5.82 Å². The predicted molar refractivity (Wildman–Crippen MR) is 129 cm³/mol. The molecule has 3 aromatic rings. The maximum absolute atomic E-state index is 13.6. The number of piperazine rings is 1. The number of tetrazole rings is 1. The number of nitrogens with zero attached hydrogens (tertiary/aromatic N) is 7. The summed E-state index contributed by atoms with van der Waals surface area (Å²) in [7, 11) is 0. The number of pyridine rings is 1. The highest BCUT2D eigenvalue weighted by Gasteiger charge is 2.40. The molecule has 5 heterocycles. The standard InChI is InChI=1S/C26H27N7O4/c1-15-17(2-3-20-21(15)13-37-26(20)35)23-11-31-8-9-32(10-16(31)12-36-23)25(34)19-4-6-22-18(19)5-7-24(28-22)33-14-27-29-30-33/h2-3,5,7,14,16,19,23H,4,6,8-13H2,1H3/t16-,19?,23+/m1/s1. The molecule has 3 aliphatic heterocycles. The quantitative estimate of drug-likeness (QED) is 0.491. The van der Waals surface area contributed by atoms with Crippen LogP contribution in [0.5, 0.6) is 0 Å². The monoisotopic (exact) mass is 501 g/mol. The van der Waals surface area contributed by atoms with Crippen molar-refractivity contribution in [2.45, 2.75) is 44.4 Å². The molecule has 0 radical (unpaired) electrons. The number of rotatable bonds is 3. The number of benzene rings is 1. The van der Waals surface area contributed by atoms with Gasteiger partial charge in [-0.3, -0.25) is 9.69 Å². The number of carbonyl (C=O) groups is 2. The van der Waals surface area contributed by atoms with Gasteiger partial charge in [-0.05, 0) is 59.0 Å². The Hall–Kier alpha value is -3.70. The summed E-state index contributed by atoms with van der Waals surface area (Å²) in [6.45, 7) is 5.91. The maximum atomic E-state index is 13.6. The first-order valence-corrected chi connectivity index (χ1v) is 12.7. The number of fused-ring (bicyclic) bond motifs is 3. The maximum Gasteiger partial charge on any atom is 0.338 e. The van der Waals surface area contributed by atoms with Crippen molar-refractivity contribution < 1.29 is 19.1 Å². The molecular formula is C26H27N7O4. The van der Waals surface area contributed by atoms with Gasteiger partial charge in [0.2, 0.25) is 5.91 Å². The van der Waals surface area contributed by atoms with Gasteiger partial charge in [-0.25, -0.2) is 9.78 Å². The molecule has 2 aromatic heterocycles. The van der Waals surface area contributed by atoms with Crippen LogP contribution >= 0.6 is 0 Å². The molecule has 0 N–H and O–H groups in total. The molecule has 190 valence electrons. The zero-order valence-corrected chi connectivity index (χ0v) is 20.5. The number of amides is 1. The van der Waals surface area contributed by atoms with E-state index in [-0.39, 0.29) is 29.9 Å². The normalized spacial score (nSPS) is 24.9. The van der Waals surface area contributed by atoms with E-state index in [4.69, 9.17) is 14.5 Å². The molecule has 7 rings (SSSR count). The summed E-state index contributed by atoms with van der Waals surface area (Å²) >= 11 is 0. The van der Waals surface area contributed by atoms with Crippen LogP contribution in [-0.4, -0.2) is 85.7 Å². The third-order valence-electron chi connectivity index (χ3n) is 8.28. The fourth-order valence-electron chi connectivity index (χ4n) is 6.21. The zero-order chi connectivity index (χ0) is 25.1. The summed E-state index contributed by atoms with van der Waals surface area (Å²) in [6, 6.07) is 7.91. The number of hydrogen-bond donors (Lipinski definition) is 0. The highest BCUT2D eigenvalue weighted by Crippen LogP contribution is 2.36. The van der Waals surface area contributed by atoms with E-state index in [9.17, 15) is 9.59 Å². The lowest BCUT2D eigenvalue weighted by molar-refractivity contribution is -0.141. The van der Waals surface area contributed by atoms with Crippen molar-refractivity contribution in [1.29, 1.82) is 0 Å². The number of aromatic nitrogens is 5. The van der Waals surface area contributed by atoms with Gasteiger partial charge >= 0.3 is 5.97 Å². The molecule has 1 aliphatic carbocycles. The lowest BCUT2D eigenvalue weighted by Crippen LogP contribution is -2.60. The molecule has 11 nitrogen and oxygen atoms in total. The molecule has 1 unspecified atom stereocenters. The molecule has 0 bridgehead atoms. The molecule has 4 aliphatic rings. The molecule has 0 saturated carbocycles. The van der Waals surface area contributed by atoms with Crippen molar-refractivity contribution in [2.75, 3.05) is 32.8 Å². The molecular weight excluding hydrogens is 474 g/mol. The second kappa shape index (κ2) is 8.70. The van der Waals surface area contributed by atoms with Crippen LogP contribution in [0.15, 0.2) is 30.6 Å². The molecule has 0 spiro atoms. The van der Waals surface area contributed by atoms with E-state index in [1.54, 1.807) is 0 Å². The minimum absolute atomic E-state index is 0.0540. The largest absolute Gasteiger partial charge is 0.457 e. The molecule has 11 heteroatoms. The first kappa shape index (κ1) is 22.5. The third kappa shape index (κ3) is 3.72. The summed E-state index contributed by atoms with van der Waals surface area (Å²) < 4.78 is 13.1. The van der Waals surface area contributed by atoms with E-state index < -0.39 is 0 Å². The Morgan fingerprint density at radius 1 is 1.11 bits per heavy atom. The molecule has 37 heavy (non-hydrogen) atoms. The Kier molecular flexibility index (Phi) is 5.29. The van der Waals surface area contributed by atoms with Crippen LogP contribution in [0.3, 0.4) is 0 Å². The van der Waals surface area contributed by atoms with Gasteiger partial charge in [0.1, 0.15) is 12.9 Å². The number of cyclic esters (lactones) is 1. The fraction of sp³-hybridized carbons (Fsp3) is 0.462. The van der Waals surface area contributed by atoms with Gasteiger partial charge in [0, 0.05) is 37.4 Å². The first-order valence-electron chi connectivity index (χ1n) is 12.7. The van der Waals surface area contributed by atoms with E-state index in [0.29, 0.717) is 37.7 Å². The fourth-order valence-corrected chi connectivity index (χ4v) is 6.21. The number of morpholine rings is 1. The summed E-state index contributed by atoms with van der Waals surface area (Å²) in [5.74, 6) is 0.436. The van der Waals surface area contributed by atoms with E-state index in [2.05, 4.69) is 20.4 Å². The van der Waals surface area contributed by atoms with Crippen molar-refractivity contribution in [3.63, 3.8) is 0 Å². The Morgan fingerprint density at radius 2 is 2.00 bits per heavy atom. The number of esters is 1. The lowest BCUT2D eigenvalue weighted by atomic mass is 9.93. The molecule has 1 amide bonds. The molecule has 2 fully saturated rings.